The summed E-state index contributed by atoms with van der Waals surface area (Å²) in [5.41, 5.74) is 5.84. The Labute approximate surface area is 97.3 Å². The first-order valence-electron chi connectivity index (χ1n) is 5.54. The first kappa shape index (κ1) is 12.7. The quantitative estimate of drug-likeness (QED) is 0.801. The third-order valence-corrected chi connectivity index (χ3v) is 2.48. The van der Waals surface area contributed by atoms with Gasteiger partial charge in [-0.2, -0.15) is 0 Å². The van der Waals surface area contributed by atoms with Gasteiger partial charge in [-0.1, -0.05) is 0 Å². The average molecular weight is 223 g/mol. The largest absolute Gasteiger partial charge is 0.381 e. The van der Waals surface area contributed by atoms with Crippen molar-refractivity contribution in [1.29, 1.82) is 0 Å². The minimum absolute atomic E-state index is 0.360. The summed E-state index contributed by atoms with van der Waals surface area (Å²) in [6, 6.07) is 0.360. The first-order chi connectivity index (χ1) is 7.56. The van der Waals surface area contributed by atoms with E-state index in [4.69, 9.17) is 5.73 Å². The molecule has 0 spiro atoms. The van der Waals surface area contributed by atoms with Crippen molar-refractivity contribution in [3.63, 3.8) is 0 Å². The maximum Gasteiger partial charge on any atom is 0.171 e. The summed E-state index contributed by atoms with van der Waals surface area (Å²) >= 11 is 0. The van der Waals surface area contributed by atoms with Crippen LogP contribution in [0.25, 0.3) is 0 Å². The van der Waals surface area contributed by atoms with Crippen LogP contribution in [-0.4, -0.2) is 48.1 Å². The Hall–Kier alpha value is -1.36. The lowest BCUT2D eigenvalue weighted by molar-refractivity contribution is 0.372. The van der Waals surface area contributed by atoms with Crippen LogP contribution >= 0.6 is 0 Å². The lowest BCUT2D eigenvalue weighted by atomic mass is 10.2. The number of nitrogen functional groups attached to an aromatic ring is 1. The molecule has 1 aromatic rings. The van der Waals surface area contributed by atoms with E-state index in [2.05, 4.69) is 47.7 Å². The summed E-state index contributed by atoms with van der Waals surface area (Å²) in [7, 11) is 4.12. The highest BCUT2D eigenvalue weighted by atomic mass is 15.3. The van der Waals surface area contributed by atoms with E-state index in [1.165, 1.54) is 0 Å². The Morgan fingerprint density at radius 1 is 1.31 bits per heavy atom. The molecule has 0 aromatic carbocycles. The topological polar surface area (TPSA) is 58.3 Å². The molecule has 16 heavy (non-hydrogen) atoms. The molecule has 2 N–H and O–H groups in total. The molecule has 0 fully saturated rings. The molecule has 0 radical (unpaired) electrons. The lowest BCUT2D eigenvalue weighted by Crippen LogP contribution is -2.41. The van der Waals surface area contributed by atoms with E-state index in [-0.39, 0.29) is 0 Å². The maximum atomic E-state index is 5.84. The monoisotopic (exact) mass is 223 g/mol. The van der Waals surface area contributed by atoms with E-state index >= 15 is 0 Å². The Kier molecular flexibility index (Phi) is 4.49. The Balaban J connectivity index is 2.86. The van der Waals surface area contributed by atoms with E-state index < -0.39 is 0 Å². The van der Waals surface area contributed by atoms with Crippen LogP contribution < -0.4 is 10.6 Å². The average Bonchev–Trinajstić information content (AvgIpc) is 2.20. The normalized spacial score (nSPS) is 12.8. The molecular formula is C11H21N5. The number of aromatic nitrogens is 2. The van der Waals surface area contributed by atoms with Crippen molar-refractivity contribution < 1.29 is 0 Å². The van der Waals surface area contributed by atoms with Gasteiger partial charge in [0, 0.05) is 31.5 Å². The second kappa shape index (κ2) is 5.65. The van der Waals surface area contributed by atoms with E-state index in [9.17, 15) is 0 Å². The summed E-state index contributed by atoms with van der Waals surface area (Å²) in [4.78, 5) is 12.7. The predicted octanol–water partition coefficient (Wildman–Crippen LogP) is 0.835. The van der Waals surface area contributed by atoms with Gasteiger partial charge in [0.25, 0.3) is 0 Å². The Morgan fingerprint density at radius 3 is 2.44 bits per heavy atom. The van der Waals surface area contributed by atoms with Gasteiger partial charge < -0.3 is 15.5 Å². The third-order valence-electron chi connectivity index (χ3n) is 2.48. The van der Waals surface area contributed by atoms with Crippen LogP contribution in [0.3, 0.4) is 0 Å². The number of anilines is 2. The molecule has 0 aliphatic rings. The van der Waals surface area contributed by atoms with Crippen molar-refractivity contribution in [3.05, 3.63) is 12.4 Å². The SMILES string of the molecule is CCN(c1nccnc1N)C(C)CN(C)C. The van der Waals surface area contributed by atoms with E-state index in [0.29, 0.717) is 11.9 Å². The molecule has 0 saturated carbocycles. The van der Waals surface area contributed by atoms with E-state index in [1.54, 1.807) is 12.4 Å². The number of likely N-dealkylation sites (N-methyl/N-ethyl adjacent to an activating group) is 2. The molecule has 1 unspecified atom stereocenters. The van der Waals surface area contributed by atoms with Crippen LogP contribution in [0.1, 0.15) is 13.8 Å². The summed E-state index contributed by atoms with van der Waals surface area (Å²) in [6.45, 7) is 6.10. The number of hydrogen-bond acceptors (Lipinski definition) is 5. The first-order valence-corrected chi connectivity index (χ1v) is 5.54. The molecule has 0 aliphatic heterocycles. The van der Waals surface area contributed by atoms with Crippen molar-refractivity contribution in [2.45, 2.75) is 19.9 Å². The van der Waals surface area contributed by atoms with Crippen molar-refractivity contribution >= 4 is 11.6 Å². The highest BCUT2D eigenvalue weighted by molar-refractivity contribution is 5.57. The maximum absolute atomic E-state index is 5.84. The molecule has 0 bridgehead atoms. The van der Waals surface area contributed by atoms with Gasteiger partial charge in [-0.05, 0) is 27.9 Å². The Morgan fingerprint density at radius 2 is 1.94 bits per heavy atom. The lowest BCUT2D eigenvalue weighted by Gasteiger charge is -2.31. The van der Waals surface area contributed by atoms with Gasteiger partial charge in [0.2, 0.25) is 0 Å². The van der Waals surface area contributed by atoms with Gasteiger partial charge in [0.05, 0.1) is 0 Å². The van der Waals surface area contributed by atoms with Crippen LogP contribution in [-0.2, 0) is 0 Å². The van der Waals surface area contributed by atoms with Gasteiger partial charge in [0.15, 0.2) is 11.6 Å². The van der Waals surface area contributed by atoms with Crippen LogP contribution in [0.15, 0.2) is 12.4 Å². The zero-order valence-electron chi connectivity index (χ0n) is 10.5. The molecular weight excluding hydrogens is 202 g/mol. The summed E-state index contributed by atoms with van der Waals surface area (Å²) < 4.78 is 0. The summed E-state index contributed by atoms with van der Waals surface area (Å²) in [5, 5.41) is 0. The predicted molar refractivity (Wildman–Crippen MR) is 67.5 cm³/mol. The third kappa shape index (κ3) is 3.06. The van der Waals surface area contributed by atoms with Crippen LogP contribution in [0.4, 0.5) is 11.6 Å². The molecule has 1 heterocycles. The van der Waals surface area contributed by atoms with Crippen molar-refractivity contribution in [2.75, 3.05) is 37.8 Å². The van der Waals surface area contributed by atoms with Crippen LogP contribution in [0.5, 0.6) is 0 Å². The van der Waals surface area contributed by atoms with E-state index in [0.717, 1.165) is 18.9 Å². The van der Waals surface area contributed by atoms with Crippen molar-refractivity contribution in [2.24, 2.45) is 0 Å². The number of rotatable bonds is 5. The second-order valence-corrected chi connectivity index (χ2v) is 4.16. The summed E-state index contributed by atoms with van der Waals surface area (Å²) in [5.74, 6) is 1.27. The molecule has 0 saturated heterocycles. The van der Waals surface area contributed by atoms with Crippen molar-refractivity contribution in [1.82, 2.24) is 14.9 Å². The van der Waals surface area contributed by atoms with E-state index in [1.807, 2.05) is 0 Å². The number of hydrogen-bond donors (Lipinski definition) is 1. The van der Waals surface area contributed by atoms with Crippen LogP contribution in [0, 0.1) is 0 Å². The van der Waals surface area contributed by atoms with Gasteiger partial charge in [-0.25, -0.2) is 9.97 Å². The van der Waals surface area contributed by atoms with Gasteiger partial charge in [-0.3, -0.25) is 0 Å². The standard InChI is InChI=1S/C11H21N5/c1-5-16(9(2)8-15(3)4)11-10(12)13-6-7-14-11/h6-7,9H,5,8H2,1-4H3,(H2,12,13). The molecule has 0 amide bonds. The highest BCUT2D eigenvalue weighted by Crippen LogP contribution is 2.19. The smallest absolute Gasteiger partial charge is 0.171 e. The van der Waals surface area contributed by atoms with Gasteiger partial charge in [-0.15, -0.1) is 0 Å². The zero-order chi connectivity index (χ0) is 12.1. The minimum atomic E-state index is 0.360. The van der Waals surface area contributed by atoms with Gasteiger partial charge in [0.1, 0.15) is 0 Å². The summed E-state index contributed by atoms with van der Waals surface area (Å²) in [6.07, 6.45) is 3.29. The van der Waals surface area contributed by atoms with Crippen LogP contribution in [0.2, 0.25) is 0 Å². The fraction of sp³-hybridized carbons (Fsp3) is 0.636. The molecule has 5 nitrogen and oxygen atoms in total. The fourth-order valence-corrected chi connectivity index (χ4v) is 1.86. The van der Waals surface area contributed by atoms with Crippen molar-refractivity contribution in [3.8, 4) is 0 Å². The molecule has 1 aromatic heterocycles. The zero-order valence-corrected chi connectivity index (χ0v) is 10.5. The highest BCUT2D eigenvalue weighted by Gasteiger charge is 2.17. The number of nitrogens with two attached hydrogens (primary N) is 1. The molecule has 1 rings (SSSR count). The molecule has 1 atom stereocenters. The Bertz CT molecular complexity index is 326. The number of nitrogens with zero attached hydrogens (tertiary/aromatic N) is 4. The molecule has 0 aliphatic carbocycles. The van der Waals surface area contributed by atoms with Gasteiger partial charge >= 0.3 is 0 Å². The second-order valence-electron chi connectivity index (χ2n) is 4.16. The minimum Gasteiger partial charge on any atom is -0.381 e. The fourth-order valence-electron chi connectivity index (χ4n) is 1.86. The molecule has 5 heteroatoms. The molecule has 90 valence electrons.